The Hall–Kier alpha value is -2.60. The number of hydrogen-bond acceptors (Lipinski definition) is 5. The molecule has 5 nitrogen and oxygen atoms in total. The first kappa shape index (κ1) is 16.6. The number of thioether (sulfide) groups is 1. The van der Waals surface area contributed by atoms with Crippen molar-refractivity contribution in [2.75, 3.05) is 5.75 Å². The molecule has 5 heterocycles. The van der Waals surface area contributed by atoms with E-state index in [1.54, 1.807) is 0 Å². The predicted molar refractivity (Wildman–Crippen MR) is 109 cm³/mol. The number of pyridine rings is 2. The summed E-state index contributed by atoms with van der Waals surface area (Å²) in [7, 11) is 0. The van der Waals surface area contributed by atoms with E-state index in [9.17, 15) is 0 Å². The van der Waals surface area contributed by atoms with Gasteiger partial charge in [-0.05, 0) is 42.8 Å². The topological polar surface area (TPSA) is 46.3 Å². The first-order chi connectivity index (χ1) is 13.4. The van der Waals surface area contributed by atoms with Crippen molar-refractivity contribution in [2.24, 2.45) is 4.99 Å². The summed E-state index contributed by atoms with van der Waals surface area (Å²) >= 11 is 1.87. The van der Waals surface area contributed by atoms with Gasteiger partial charge in [-0.1, -0.05) is 24.8 Å². The van der Waals surface area contributed by atoms with Crippen LogP contribution in [0.2, 0.25) is 0 Å². The molecule has 1 fully saturated rings. The van der Waals surface area contributed by atoms with Gasteiger partial charge in [0.2, 0.25) is 0 Å². The van der Waals surface area contributed by atoms with Crippen molar-refractivity contribution in [1.29, 1.82) is 0 Å². The van der Waals surface area contributed by atoms with E-state index in [4.69, 9.17) is 4.99 Å². The van der Waals surface area contributed by atoms with E-state index in [2.05, 4.69) is 56.8 Å². The predicted octanol–water partition coefficient (Wildman–Crippen LogP) is 4.25. The van der Waals surface area contributed by atoms with Gasteiger partial charge in [-0.25, -0.2) is 0 Å². The Morgan fingerprint density at radius 2 is 2.07 bits per heavy atom. The zero-order valence-electron chi connectivity index (χ0n) is 15.1. The minimum absolute atomic E-state index is 0.00775. The monoisotopic (exact) mass is 375 g/mol. The number of hydrogen-bond donors (Lipinski definition) is 0. The zero-order valence-corrected chi connectivity index (χ0v) is 16.0. The van der Waals surface area contributed by atoms with Crippen molar-refractivity contribution in [3.63, 3.8) is 0 Å². The highest BCUT2D eigenvalue weighted by Gasteiger charge is 2.46. The summed E-state index contributed by atoms with van der Waals surface area (Å²) in [5, 5.41) is 1.15. The molecule has 1 saturated heterocycles. The molecule has 0 aliphatic carbocycles. The van der Waals surface area contributed by atoms with Crippen LogP contribution in [-0.4, -0.2) is 36.4 Å². The fourth-order valence-electron chi connectivity index (χ4n) is 4.04. The van der Waals surface area contributed by atoms with Gasteiger partial charge in [0.05, 0.1) is 17.6 Å². The van der Waals surface area contributed by atoms with E-state index in [0.29, 0.717) is 6.04 Å². The van der Waals surface area contributed by atoms with Crippen LogP contribution in [0.1, 0.15) is 36.8 Å². The van der Waals surface area contributed by atoms with E-state index in [-0.39, 0.29) is 12.1 Å². The number of aromatic nitrogens is 3. The lowest BCUT2D eigenvalue weighted by Crippen LogP contribution is -2.36. The van der Waals surface area contributed by atoms with E-state index in [1.165, 1.54) is 5.69 Å². The maximum atomic E-state index is 5.10. The van der Waals surface area contributed by atoms with Gasteiger partial charge in [-0.3, -0.25) is 15.0 Å². The molecular weight excluding hydrogens is 354 g/mol. The van der Waals surface area contributed by atoms with Crippen molar-refractivity contribution in [2.45, 2.75) is 31.5 Å². The Kier molecular flexibility index (Phi) is 4.20. The second kappa shape index (κ2) is 6.85. The van der Waals surface area contributed by atoms with E-state index in [0.717, 1.165) is 28.7 Å². The van der Waals surface area contributed by atoms with Crippen LogP contribution in [0.25, 0.3) is 5.69 Å². The minimum atomic E-state index is 0.00775. The molecule has 0 amide bonds. The highest BCUT2D eigenvalue weighted by atomic mass is 32.2. The highest BCUT2D eigenvalue weighted by Crippen LogP contribution is 2.48. The summed E-state index contributed by atoms with van der Waals surface area (Å²) in [6.45, 7) is 2.26. The molecule has 0 bridgehead atoms. The molecule has 0 radical (unpaired) electrons. The average Bonchev–Trinajstić information content (AvgIpc) is 3.44. The number of amidine groups is 1. The average molecular weight is 376 g/mol. The first-order valence-corrected chi connectivity index (χ1v) is 10.3. The minimum Gasteiger partial charge on any atom is -0.337 e. The molecule has 0 spiro atoms. The normalized spacial score (nSPS) is 24.1. The smallest absolute Gasteiger partial charge is 0.160 e. The number of aliphatic imine (C=N–C) groups is 1. The molecule has 0 saturated carbocycles. The summed E-state index contributed by atoms with van der Waals surface area (Å²) < 4.78 is 2.24. The summed E-state index contributed by atoms with van der Waals surface area (Å²) in [5.41, 5.74) is 3.34. The van der Waals surface area contributed by atoms with Crippen molar-refractivity contribution in [3.8, 4) is 5.69 Å². The molecule has 136 valence electrons. The van der Waals surface area contributed by atoms with Gasteiger partial charge in [-0.2, -0.15) is 0 Å². The molecule has 0 unspecified atom stereocenters. The van der Waals surface area contributed by atoms with E-state index >= 15 is 0 Å². The van der Waals surface area contributed by atoms with Crippen molar-refractivity contribution >= 4 is 16.9 Å². The SMILES string of the molecule is CC[C@@H]1CSC2=N[C@@H](c3ccccn3)[C@H](c3cccn3-c3cccnc3)N21. The van der Waals surface area contributed by atoms with E-state index in [1.807, 2.05) is 48.6 Å². The van der Waals surface area contributed by atoms with Gasteiger partial charge in [0.15, 0.2) is 5.17 Å². The molecule has 2 aliphatic rings. The van der Waals surface area contributed by atoms with Crippen LogP contribution in [0.4, 0.5) is 0 Å². The van der Waals surface area contributed by atoms with Crippen molar-refractivity contribution < 1.29 is 0 Å². The largest absolute Gasteiger partial charge is 0.337 e. The Labute approximate surface area is 163 Å². The Bertz CT molecular complexity index is 953. The van der Waals surface area contributed by atoms with E-state index < -0.39 is 0 Å². The molecule has 3 aromatic rings. The standard InChI is InChI=1S/C21H21N5S/c1-2-15-14-27-21-24-19(17-8-3-4-11-23-17)20(26(15)21)18-9-6-12-25(18)16-7-5-10-22-13-16/h3-13,15,19-20H,2,14H2,1H3/t15-,19+,20+/m1/s1. The van der Waals surface area contributed by atoms with Gasteiger partial charge in [-0.15, -0.1) is 0 Å². The first-order valence-electron chi connectivity index (χ1n) is 9.34. The Balaban J connectivity index is 1.63. The van der Waals surface area contributed by atoms with Crippen molar-refractivity contribution in [3.05, 3.63) is 78.6 Å². The number of rotatable bonds is 4. The second-order valence-corrected chi connectivity index (χ2v) is 7.84. The second-order valence-electron chi connectivity index (χ2n) is 6.85. The lowest BCUT2D eigenvalue weighted by atomic mass is 9.99. The van der Waals surface area contributed by atoms with Crippen LogP contribution in [0.3, 0.4) is 0 Å². The Morgan fingerprint density at radius 3 is 2.85 bits per heavy atom. The van der Waals surface area contributed by atoms with Crippen LogP contribution in [0.15, 0.2) is 72.2 Å². The van der Waals surface area contributed by atoms with Crippen LogP contribution in [-0.2, 0) is 0 Å². The van der Waals surface area contributed by atoms with Crippen LogP contribution in [0.5, 0.6) is 0 Å². The lowest BCUT2D eigenvalue weighted by Gasteiger charge is -2.32. The lowest BCUT2D eigenvalue weighted by molar-refractivity contribution is 0.249. The third-order valence-corrected chi connectivity index (χ3v) is 6.46. The van der Waals surface area contributed by atoms with Gasteiger partial charge in [0, 0.05) is 36.1 Å². The van der Waals surface area contributed by atoms with Crippen LogP contribution >= 0.6 is 11.8 Å². The fourth-order valence-corrected chi connectivity index (χ4v) is 5.38. The highest BCUT2D eigenvalue weighted by molar-refractivity contribution is 8.14. The fraction of sp³-hybridized carbons (Fsp3) is 0.286. The summed E-state index contributed by atoms with van der Waals surface area (Å²) in [5.74, 6) is 1.11. The van der Waals surface area contributed by atoms with Crippen LogP contribution < -0.4 is 0 Å². The van der Waals surface area contributed by atoms with Crippen LogP contribution in [0, 0.1) is 0 Å². The maximum absolute atomic E-state index is 5.10. The maximum Gasteiger partial charge on any atom is 0.160 e. The van der Waals surface area contributed by atoms with Gasteiger partial charge >= 0.3 is 0 Å². The third-order valence-electron chi connectivity index (χ3n) is 5.34. The van der Waals surface area contributed by atoms with Crippen molar-refractivity contribution in [1.82, 2.24) is 19.4 Å². The summed E-state index contributed by atoms with van der Waals surface area (Å²) in [6.07, 6.45) is 8.81. The van der Waals surface area contributed by atoms with Gasteiger partial charge in [0.1, 0.15) is 12.1 Å². The Morgan fingerprint density at radius 1 is 1.11 bits per heavy atom. The van der Waals surface area contributed by atoms with Gasteiger partial charge in [0.25, 0.3) is 0 Å². The molecular formula is C21H21N5S. The molecule has 3 aromatic heterocycles. The molecule has 5 rings (SSSR count). The number of fused-ring (bicyclic) bond motifs is 1. The quantitative estimate of drug-likeness (QED) is 0.684. The number of nitrogens with zero attached hydrogens (tertiary/aromatic N) is 5. The molecule has 27 heavy (non-hydrogen) atoms. The summed E-state index contributed by atoms with van der Waals surface area (Å²) in [4.78, 5) is 16.6. The molecule has 6 heteroatoms. The molecule has 3 atom stereocenters. The third kappa shape index (κ3) is 2.75. The van der Waals surface area contributed by atoms with Gasteiger partial charge < -0.3 is 9.47 Å². The molecule has 2 aliphatic heterocycles. The summed E-state index contributed by atoms with van der Waals surface area (Å²) in [6, 6.07) is 15.2. The molecule has 0 aromatic carbocycles. The zero-order chi connectivity index (χ0) is 18.2. The molecule has 0 N–H and O–H groups in total.